The van der Waals surface area contributed by atoms with Crippen LogP contribution in [0.25, 0.3) is 0 Å². The van der Waals surface area contributed by atoms with E-state index in [9.17, 15) is 4.79 Å². The van der Waals surface area contributed by atoms with Gasteiger partial charge in [0.25, 0.3) is 0 Å². The van der Waals surface area contributed by atoms with Crippen LogP contribution in [0.4, 0.5) is 4.79 Å². The summed E-state index contributed by atoms with van der Waals surface area (Å²) in [6, 6.07) is 0. The van der Waals surface area contributed by atoms with Gasteiger partial charge >= 0.3 is 6.16 Å². The van der Waals surface area contributed by atoms with Crippen molar-refractivity contribution in [2.45, 2.75) is 18.9 Å². The molecule has 0 aliphatic carbocycles. The fourth-order valence-electron chi connectivity index (χ4n) is 0.240. The van der Waals surface area contributed by atoms with E-state index >= 15 is 0 Å². The normalized spacial score (nSPS) is 10.7. The lowest BCUT2D eigenvalue weighted by molar-refractivity contribution is 0.0331. The third-order valence-electron chi connectivity index (χ3n) is 0.493. The largest absolute Gasteiger partial charge is 0.509 e. The van der Waals surface area contributed by atoms with E-state index in [1.54, 1.807) is 13.8 Å². The number of methoxy groups -OCH3 is 1. The molecule has 0 aromatic heterocycles. The average molecular weight is 153 g/mol. The Balaban J connectivity index is 3.60. The van der Waals surface area contributed by atoms with Crippen molar-refractivity contribution in [3.63, 3.8) is 0 Å². The molecule has 9 heavy (non-hydrogen) atoms. The summed E-state index contributed by atoms with van der Waals surface area (Å²) in [5.41, 5.74) is 0. The number of hydrogen-bond donors (Lipinski definition) is 0. The van der Waals surface area contributed by atoms with E-state index in [0.717, 1.165) is 0 Å². The molecule has 0 aliphatic heterocycles. The van der Waals surface area contributed by atoms with Gasteiger partial charge in [0.2, 0.25) is 0 Å². The van der Waals surface area contributed by atoms with Crippen LogP contribution in [0, 0.1) is 0 Å². The number of rotatable bonds is 1. The van der Waals surface area contributed by atoms with Gasteiger partial charge in [-0.2, -0.15) is 0 Å². The number of ether oxygens (including phenoxy) is 2. The Hall–Kier alpha value is -0.440. The van der Waals surface area contributed by atoms with Gasteiger partial charge in [-0.15, -0.1) is 0 Å². The van der Waals surface area contributed by atoms with Gasteiger partial charge in [0.1, 0.15) is 0 Å². The average Bonchev–Trinajstić information content (AvgIpc) is 1.62. The minimum atomic E-state index is -0.979. The topological polar surface area (TPSA) is 35.5 Å². The van der Waals surface area contributed by atoms with E-state index in [1.165, 1.54) is 7.11 Å². The second kappa shape index (κ2) is 2.92. The van der Waals surface area contributed by atoms with E-state index in [0.29, 0.717) is 0 Å². The van der Waals surface area contributed by atoms with Gasteiger partial charge in [0, 0.05) is 0 Å². The fraction of sp³-hybridized carbons (Fsp3) is 0.800. The van der Waals surface area contributed by atoms with Crippen molar-refractivity contribution in [3.8, 4) is 0 Å². The minimum absolute atomic E-state index is 0.769. The van der Waals surface area contributed by atoms with E-state index in [-0.39, 0.29) is 0 Å². The molecule has 3 nitrogen and oxygen atoms in total. The van der Waals surface area contributed by atoms with Crippen LogP contribution in [0.3, 0.4) is 0 Å². The zero-order valence-corrected chi connectivity index (χ0v) is 6.36. The van der Waals surface area contributed by atoms with Gasteiger partial charge in [-0.05, 0) is 13.8 Å². The number of carbonyl (C=O) groups is 1. The predicted molar refractivity (Wildman–Crippen MR) is 33.4 cm³/mol. The third kappa shape index (κ3) is 5.43. The molecule has 4 heteroatoms. The number of hydrogen-bond acceptors (Lipinski definition) is 3. The zero-order chi connectivity index (χ0) is 7.49. The first-order chi connectivity index (χ1) is 3.95. The van der Waals surface area contributed by atoms with Gasteiger partial charge in [-0.3, -0.25) is 0 Å². The highest BCUT2D eigenvalue weighted by molar-refractivity contribution is 6.22. The highest BCUT2D eigenvalue weighted by atomic mass is 35.5. The van der Waals surface area contributed by atoms with Crippen molar-refractivity contribution in [2.75, 3.05) is 7.11 Å². The molecule has 0 heterocycles. The molecule has 54 valence electrons. The molecule has 0 aromatic carbocycles. The van der Waals surface area contributed by atoms with E-state index in [4.69, 9.17) is 11.6 Å². The maximum Gasteiger partial charge on any atom is 0.509 e. The molecule has 0 amide bonds. The summed E-state index contributed by atoms with van der Waals surface area (Å²) in [4.78, 5) is 10.3. The molecule has 0 N–H and O–H groups in total. The number of halogens is 1. The van der Waals surface area contributed by atoms with Gasteiger partial charge in [0.05, 0.1) is 7.11 Å². The summed E-state index contributed by atoms with van der Waals surface area (Å²) in [7, 11) is 1.23. The molecule has 0 aliphatic rings. The Morgan fingerprint density at radius 1 is 1.56 bits per heavy atom. The first kappa shape index (κ1) is 8.56. The van der Waals surface area contributed by atoms with Crippen molar-refractivity contribution < 1.29 is 14.3 Å². The second-order valence-corrected chi connectivity index (χ2v) is 2.83. The third-order valence-corrected chi connectivity index (χ3v) is 0.570. The molecule has 0 fully saturated rings. The summed E-state index contributed by atoms with van der Waals surface area (Å²) in [5.74, 6) is 0. The van der Waals surface area contributed by atoms with Crippen LogP contribution in [0.2, 0.25) is 0 Å². The molecule has 0 bridgehead atoms. The predicted octanol–water partition coefficient (Wildman–Crippen LogP) is 1.74. The monoisotopic (exact) mass is 152 g/mol. The summed E-state index contributed by atoms with van der Waals surface area (Å²) in [6.45, 7) is 3.09. The van der Waals surface area contributed by atoms with Crippen LogP contribution in [0.5, 0.6) is 0 Å². The number of carbonyl (C=O) groups excluding carboxylic acids is 1. The highest BCUT2D eigenvalue weighted by Gasteiger charge is 2.18. The minimum Gasteiger partial charge on any atom is -0.438 e. The van der Waals surface area contributed by atoms with Crippen molar-refractivity contribution >= 4 is 17.8 Å². The summed E-state index contributed by atoms with van der Waals surface area (Å²) < 4.78 is 8.67. The fourth-order valence-corrected chi connectivity index (χ4v) is 0.303. The van der Waals surface area contributed by atoms with E-state index in [1.807, 2.05) is 0 Å². The Kier molecular flexibility index (Phi) is 2.77. The van der Waals surface area contributed by atoms with E-state index < -0.39 is 11.2 Å². The first-order valence-electron chi connectivity index (χ1n) is 2.41. The molecule has 0 aromatic rings. The van der Waals surface area contributed by atoms with Gasteiger partial charge in [0.15, 0.2) is 5.06 Å². The van der Waals surface area contributed by atoms with Crippen LogP contribution in [-0.2, 0) is 9.47 Å². The lowest BCUT2D eigenvalue weighted by Crippen LogP contribution is -2.20. The maximum atomic E-state index is 10.3. The van der Waals surface area contributed by atoms with Gasteiger partial charge in [-0.1, -0.05) is 11.6 Å². The highest BCUT2D eigenvalue weighted by Crippen LogP contribution is 2.14. The molecule has 0 rings (SSSR count). The molecule has 0 saturated carbocycles. The Morgan fingerprint density at radius 3 is 2.11 bits per heavy atom. The molecule has 0 saturated heterocycles. The molecule has 0 unspecified atom stereocenters. The number of alkyl halides is 1. The molecular formula is C5H9ClO3. The van der Waals surface area contributed by atoms with Crippen LogP contribution < -0.4 is 0 Å². The van der Waals surface area contributed by atoms with Crippen molar-refractivity contribution in [2.24, 2.45) is 0 Å². The molecule has 0 atom stereocenters. The summed E-state index contributed by atoms with van der Waals surface area (Å²) >= 11 is 5.48. The van der Waals surface area contributed by atoms with Crippen molar-refractivity contribution in [3.05, 3.63) is 0 Å². The van der Waals surface area contributed by atoms with Crippen LogP contribution in [0.1, 0.15) is 13.8 Å². The quantitative estimate of drug-likeness (QED) is 0.424. The van der Waals surface area contributed by atoms with E-state index in [2.05, 4.69) is 9.47 Å². The second-order valence-electron chi connectivity index (χ2n) is 1.92. The first-order valence-corrected chi connectivity index (χ1v) is 2.79. The van der Waals surface area contributed by atoms with Crippen LogP contribution in [0.15, 0.2) is 0 Å². The molecule has 0 spiro atoms. The SMILES string of the molecule is COC(=O)OC(C)(C)Cl. The van der Waals surface area contributed by atoms with Gasteiger partial charge < -0.3 is 9.47 Å². The summed E-state index contributed by atoms with van der Waals surface area (Å²) in [6.07, 6.45) is -0.769. The van der Waals surface area contributed by atoms with Crippen molar-refractivity contribution in [1.29, 1.82) is 0 Å². The lowest BCUT2D eigenvalue weighted by atomic mass is 10.5. The van der Waals surface area contributed by atoms with Crippen molar-refractivity contribution in [1.82, 2.24) is 0 Å². The summed E-state index contributed by atoms with van der Waals surface area (Å²) in [5, 5.41) is -0.979. The van der Waals surface area contributed by atoms with Gasteiger partial charge in [-0.25, -0.2) is 4.79 Å². The van der Waals surface area contributed by atoms with Crippen LogP contribution >= 0.6 is 11.6 Å². The smallest absolute Gasteiger partial charge is 0.438 e. The molecule has 0 radical (unpaired) electrons. The Morgan fingerprint density at radius 2 is 2.00 bits per heavy atom. The van der Waals surface area contributed by atoms with Crippen LogP contribution in [-0.4, -0.2) is 18.3 Å². The standard InChI is InChI=1S/C5H9ClO3/c1-5(2,6)9-4(7)8-3/h1-3H3. The Bertz CT molecular complexity index is 105. The molecular weight excluding hydrogens is 144 g/mol. The maximum absolute atomic E-state index is 10.3. The lowest BCUT2D eigenvalue weighted by Gasteiger charge is -2.14. The Labute approximate surface area is 58.9 Å². The zero-order valence-electron chi connectivity index (χ0n) is 5.60.